The van der Waals surface area contributed by atoms with Crippen molar-refractivity contribution in [2.75, 3.05) is 26.2 Å². The molecule has 5 rings (SSSR count). The minimum Gasteiger partial charge on any atom is -0.508 e. The normalized spacial score (nSPS) is 21.9. The topological polar surface area (TPSA) is 109 Å². The molecule has 1 aromatic heterocycles. The molecule has 0 saturated carbocycles. The smallest absolute Gasteiger partial charge is 0.328 e. The van der Waals surface area contributed by atoms with Crippen molar-refractivity contribution in [3.05, 3.63) is 63.8 Å². The molecule has 178 valence electrons. The van der Waals surface area contributed by atoms with Crippen LogP contribution in [-0.2, 0) is 11.2 Å². The summed E-state index contributed by atoms with van der Waals surface area (Å²) >= 11 is 3.55. The Morgan fingerprint density at radius 3 is 2.79 bits per heavy atom. The number of amides is 3. The number of aliphatic hydroxyl groups excluding tert-OH is 1. The maximum absolute atomic E-state index is 13.7. The number of nitrogens with one attached hydrogen (secondary N) is 2. The van der Waals surface area contributed by atoms with E-state index in [1.165, 1.54) is 4.90 Å². The van der Waals surface area contributed by atoms with Gasteiger partial charge in [0.1, 0.15) is 17.3 Å². The standard InChI is InChI=1S/C25H27BrN4O4/c1-25-14-19-18-13-16(26)6-7-20(18)28-21(19)22(15-4-2-5-17(32)12-15)30(25)24(34)29(23(25)33)10-3-8-27-9-11-31/h2,4-7,12-13,22,27-28,31-32H,3,8-11,14H2,1H3/t22-,25+/m1/s1. The van der Waals surface area contributed by atoms with E-state index >= 15 is 0 Å². The van der Waals surface area contributed by atoms with Crippen LogP contribution in [0, 0.1) is 0 Å². The Morgan fingerprint density at radius 1 is 1.21 bits per heavy atom. The highest BCUT2D eigenvalue weighted by Crippen LogP contribution is 2.49. The van der Waals surface area contributed by atoms with Crippen molar-refractivity contribution in [1.82, 2.24) is 20.1 Å². The third-order valence-corrected chi connectivity index (χ3v) is 7.33. The van der Waals surface area contributed by atoms with Crippen molar-refractivity contribution in [3.63, 3.8) is 0 Å². The molecule has 2 aliphatic rings. The zero-order chi connectivity index (χ0) is 24.0. The van der Waals surface area contributed by atoms with E-state index in [-0.39, 0.29) is 24.3 Å². The van der Waals surface area contributed by atoms with Crippen molar-refractivity contribution >= 4 is 38.8 Å². The van der Waals surface area contributed by atoms with E-state index in [0.717, 1.165) is 32.2 Å². The lowest BCUT2D eigenvalue weighted by Gasteiger charge is -2.42. The number of aromatic hydroxyl groups is 1. The van der Waals surface area contributed by atoms with Gasteiger partial charge in [0.05, 0.1) is 6.61 Å². The highest BCUT2D eigenvalue weighted by Gasteiger charge is 2.60. The first-order valence-electron chi connectivity index (χ1n) is 11.4. The molecule has 0 spiro atoms. The van der Waals surface area contributed by atoms with Gasteiger partial charge in [0.25, 0.3) is 5.91 Å². The van der Waals surface area contributed by atoms with Gasteiger partial charge in [-0.1, -0.05) is 28.1 Å². The summed E-state index contributed by atoms with van der Waals surface area (Å²) in [5, 5.41) is 23.2. The zero-order valence-electron chi connectivity index (χ0n) is 18.8. The molecule has 2 aromatic carbocycles. The fourth-order valence-electron chi connectivity index (χ4n) is 5.29. The van der Waals surface area contributed by atoms with Gasteiger partial charge >= 0.3 is 6.03 Å². The number of rotatable bonds is 7. The van der Waals surface area contributed by atoms with E-state index in [9.17, 15) is 14.7 Å². The Morgan fingerprint density at radius 2 is 2.03 bits per heavy atom. The first-order chi connectivity index (χ1) is 16.3. The van der Waals surface area contributed by atoms with Crippen LogP contribution in [0.5, 0.6) is 5.75 Å². The number of imide groups is 1. The van der Waals surface area contributed by atoms with E-state index in [1.54, 1.807) is 23.1 Å². The Hall–Kier alpha value is -2.88. The molecular formula is C25H27BrN4O4. The summed E-state index contributed by atoms with van der Waals surface area (Å²) in [6, 6.07) is 12.0. The molecule has 8 nitrogen and oxygen atoms in total. The second-order valence-electron chi connectivity index (χ2n) is 9.09. The second-order valence-corrected chi connectivity index (χ2v) is 10.0. The van der Waals surface area contributed by atoms with Crippen LogP contribution in [-0.4, -0.2) is 68.7 Å². The van der Waals surface area contributed by atoms with Crippen LogP contribution in [0.2, 0.25) is 0 Å². The number of nitrogens with zero attached hydrogens (tertiary/aromatic N) is 2. The van der Waals surface area contributed by atoms with Crippen LogP contribution >= 0.6 is 15.9 Å². The minimum absolute atomic E-state index is 0.0425. The summed E-state index contributed by atoms with van der Waals surface area (Å²) in [6.45, 7) is 3.26. The number of H-pyrrole nitrogens is 1. The summed E-state index contributed by atoms with van der Waals surface area (Å²) in [6.07, 6.45) is 0.997. The lowest BCUT2D eigenvalue weighted by Crippen LogP contribution is -2.53. The third kappa shape index (κ3) is 3.59. The number of fused-ring (bicyclic) bond motifs is 4. The lowest BCUT2D eigenvalue weighted by molar-refractivity contribution is -0.133. The molecule has 3 heterocycles. The van der Waals surface area contributed by atoms with Crippen LogP contribution in [0.3, 0.4) is 0 Å². The fourth-order valence-corrected chi connectivity index (χ4v) is 5.65. The van der Waals surface area contributed by atoms with Gasteiger partial charge < -0.3 is 20.5 Å². The van der Waals surface area contributed by atoms with Gasteiger partial charge in [-0.05, 0) is 61.3 Å². The highest BCUT2D eigenvalue weighted by molar-refractivity contribution is 9.10. The predicted molar refractivity (Wildman–Crippen MR) is 132 cm³/mol. The molecule has 4 N–H and O–H groups in total. The lowest BCUT2D eigenvalue weighted by atomic mass is 9.81. The van der Waals surface area contributed by atoms with Crippen LogP contribution < -0.4 is 5.32 Å². The zero-order valence-corrected chi connectivity index (χ0v) is 20.4. The monoisotopic (exact) mass is 526 g/mol. The molecule has 9 heteroatoms. The molecule has 34 heavy (non-hydrogen) atoms. The van der Waals surface area contributed by atoms with E-state index in [1.807, 2.05) is 31.2 Å². The maximum atomic E-state index is 13.7. The van der Waals surface area contributed by atoms with E-state index in [2.05, 4.69) is 26.2 Å². The van der Waals surface area contributed by atoms with Crippen LogP contribution in [0.4, 0.5) is 4.79 Å². The predicted octanol–water partition coefficient (Wildman–Crippen LogP) is 3.28. The van der Waals surface area contributed by atoms with Crippen LogP contribution in [0.25, 0.3) is 10.9 Å². The van der Waals surface area contributed by atoms with Crippen molar-refractivity contribution in [2.24, 2.45) is 0 Å². The number of halogens is 1. The van der Waals surface area contributed by atoms with Crippen LogP contribution in [0.15, 0.2) is 46.9 Å². The minimum atomic E-state index is -1.05. The number of urea groups is 1. The van der Waals surface area contributed by atoms with Crippen molar-refractivity contribution in [1.29, 1.82) is 0 Å². The number of aliphatic hydroxyl groups is 1. The molecule has 0 unspecified atom stereocenters. The summed E-state index contributed by atoms with van der Waals surface area (Å²) < 4.78 is 0.939. The van der Waals surface area contributed by atoms with Gasteiger partial charge in [-0.3, -0.25) is 14.6 Å². The molecule has 1 saturated heterocycles. The number of aromatic amines is 1. The molecule has 3 amide bonds. The Kier molecular flexibility index (Phi) is 5.87. The van der Waals surface area contributed by atoms with E-state index in [4.69, 9.17) is 5.11 Å². The second kappa shape index (κ2) is 8.72. The average molecular weight is 527 g/mol. The molecule has 2 aliphatic heterocycles. The number of hydrogen-bond donors (Lipinski definition) is 4. The fraction of sp³-hybridized carbons (Fsp3) is 0.360. The quantitative estimate of drug-likeness (QED) is 0.279. The number of phenols is 1. The van der Waals surface area contributed by atoms with Gasteiger partial charge in [0.15, 0.2) is 0 Å². The molecule has 1 fully saturated rings. The third-order valence-electron chi connectivity index (χ3n) is 6.84. The first kappa shape index (κ1) is 22.9. The van der Waals surface area contributed by atoms with Gasteiger partial charge in [-0.15, -0.1) is 0 Å². The SMILES string of the molecule is C[C@@]12Cc3c([nH]c4ccc(Br)cc34)[C@@H](c3cccc(O)c3)N1C(=O)N(CCCNCCO)C2=O. The average Bonchev–Trinajstić information content (AvgIpc) is 3.24. The maximum Gasteiger partial charge on any atom is 0.328 e. The number of carbonyl (C=O) groups is 2. The van der Waals surface area contributed by atoms with Crippen molar-refractivity contribution in [3.8, 4) is 5.75 Å². The van der Waals surface area contributed by atoms with Crippen LogP contribution in [0.1, 0.15) is 36.2 Å². The Bertz CT molecular complexity index is 1280. The number of hydrogen-bond acceptors (Lipinski definition) is 5. The summed E-state index contributed by atoms with van der Waals surface area (Å²) in [5.74, 6) is -0.102. The molecule has 2 atom stereocenters. The number of benzene rings is 2. The molecule has 0 bridgehead atoms. The van der Waals surface area contributed by atoms with Crippen molar-refractivity contribution < 1.29 is 19.8 Å². The Balaban J connectivity index is 1.60. The molecule has 0 aliphatic carbocycles. The van der Waals surface area contributed by atoms with Gasteiger partial charge in [-0.2, -0.15) is 0 Å². The summed E-state index contributed by atoms with van der Waals surface area (Å²) in [5.41, 5.74) is 2.51. The van der Waals surface area contributed by atoms with Crippen molar-refractivity contribution in [2.45, 2.75) is 31.3 Å². The molecule has 0 radical (unpaired) electrons. The van der Waals surface area contributed by atoms with E-state index in [0.29, 0.717) is 32.5 Å². The first-order valence-corrected chi connectivity index (χ1v) is 12.2. The Labute approximate surface area is 205 Å². The van der Waals surface area contributed by atoms with Gasteiger partial charge in [0.2, 0.25) is 0 Å². The summed E-state index contributed by atoms with van der Waals surface area (Å²) in [7, 11) is 0. The number of aromatic nitrogens is 1. The number of phenolic OH excluding ortho intramolecular Hbond substituents is 1. The largest absolute Gasteiger partial charge is 0.508 e. The summed E-state index contributed by atoms with van der Waals surface area (Å²) in [4.78, 5) is 33.9. The molecular weight excluding hydrogens is 500 g/mol. The number of carbonyl (C=O) groups excluding carboxylic acids is 2. The highest BCUT2D eigenvalue weighted by atomic mass is 79.9. The van der Waals surface area contributed by atoms with Gasteiger partial charge in [-0.25, -0.2) is 4.79 Å². The van der Waals surface area contributed by atoms with Gasteiger partial charge in [0, 0.05) is 40.6 Å². The van der Waals surface area contributed by atoms with E-state index < -0.39 is 11.6 Å². The molecule has 3 aromatic rings.